The number of benzene rings is 1. The number of nitrogens with one attached hydrogen (secondary N) is 2. The van der Waals surface area contributed by atoms with Gasteiger partial charge in [0.1, 0.15) is 0 Å². The van der Waals surface area contributed by atoms with Crippen LogP contribution in [0.4, 0.5) is 0 Å². The predicted octanol–water partition coefficient (Wildman–Crippen LogP) is 2.05. The minimum Gasteiger partial charge on any atom is -0.362 e. The molecule has 5 heteroatoms. The van der Waals surface area contributed by atoms with Crippen LogP contribution in [0, 0.1) is 0 Å². The highest BCUT2D eigenvalue weighted by Gasteiger charge is 1.95. The first kappa shape index (κ1) is 12.4. The van der Waals surface area contributed by atoms with Crippen molar-refractivity contribution in [3.8, 4) is 0 Å². The number of thiocarbonyl (C=S) groups is 1. The standard InChI is InChI=1S/C13H14N4S/c1-2-14-13(18)17-15-9-11-8-7-10-5-3-4-6-12(10)16-11/h3-9H,2H2,1H3,(H2,14,17,18)/b15-9+. The van der Waals surface area contributed by atoms with Crippen LogP contribution in [0.1, 0.15) is 12.6 Å². The molecule has 0 saturated heterocycles. The Labute approximate surface area is 111 Å². The van der Waals surface area contributed by atoms with Crippen molar-refractivity contribution >= 4 is 34.4 Å². The van der Waals surface area contributed by atoms with Crippen LogP contribution in [-0.2, 0) is 0 Å². The second kappa shape index (κ2) is 6.07. The van der Waals surface area contributed by atoms with Gasteiger partial charge in [-0.3, -0.25) is 5.43 Å². The molecule has 0 spiro atoms. The quantitative estimate of drug-likeness (QED) is 0.502. The highest BCUT2D eigenvalue weighted by atomic mass is 32.1. The van der Waals surface area contributed by atoms with Crippen molar-refractivity contribution in [3.05, 3.63) is 42.1 Å². The number of hydrogen-bond donors (Lipinski definition) is 2. The third-order valence-electron chi connectivity index (χ3n) is 2.32. The van der Waals surface area contributed by atoms with E-state index in [9.17, 15) is 0 Å². The highest BCUT2D eigenvalue weighted by Crippen LogP contribution is 2.10. The molecule has 0 unspecified atom stereocenters. The molecule has 2 aromatic rings. The molecule has 0 saturated carbocycles. The lowest BCUT2D eigenvalue weighted by atomic mass is 10.2. The van der Waals surface area contributed by atoms with Crippen LogP contribution >= 0.6 is 12.2 Å². The van der Waals surface area contributed by atoms with E-state index in [2.05, 4.69) is 20.8 Å². The van der Waals surface area contributed by atoms with Crippen molar-refractivity contribution in [2.24, 2.45) is 5.10 Å². The van der Waals surface area contributed by atoms with Crippen LogP contribution in [0.2, 0.25) is 0 Å². The largest absolute Gasteiger partial charge is 0.362 e. The summed E-state index contributed by atoms with van der Waals surface area (Å²) in [4.78, 5) is 4.47. The summed E-state index contributed by atoms with van der Waals surface area (Å²) in [7, 11) is 0. The van der Waals surface area contributed by atoms with Crippen molar-refractivity contribution in [2.45, 2.75) is 6.92 Å². The van der Waals surface area contributed by atoms with E-state index < -0.39 is 0 Å². The van der Waals surface area contributed by atoms with Crippen LogP contribution in [0.5, 0.6) is 0 Å². The van der Waals surface area contributed by atoms with E-state index in [4.69, 9.17) is 12.2 Å². The zero-order valence-corrected chi connectivity index (χ0v) is 10.9. The number of para-hydroxylation sites is 1. The fourth-order valence-corrected chi connectivity index (χ4v) is 1.71. The minimum atomic E-state index is 0.509. The maximum atomic E-state index is 4.99. The van der Waals surface area contributed by atoms with Crippen molar-refractivity contribution in [1.82, 2.24) is 15.7 Å². The Kier molecular flexibility index (Phi) is 4.20. The molecule has 0 amide bonds. The SMILES string of the molecule is CCNC(=S)N/N=C/c1ccc2ccccc2n1. The highest BCUT2D eigenvalue weighted by molar-refractivity contribution is 7.80. The Bertz CT molecular complexity index is 580. The second-order valence-corrected chi connectivity index (χ2v) is 4.07. The Morgan fingerprint density at radius 1 is 1.33 bits per heavy atom. The van der Waals surface area contributed by atoms with Crippen molar-refractivity contribution in [2.75, 3.05) is 6.54 Å². The Morgan fingerprint density at radius 3 is 3.00 bits per heavy atom. The van der Waals surface area contributed by atoms with Gasteiger partial charge in [-0.15, -0.1) is 0 Å². The van der Waals surface area contributed by atoms with Gasteiger partial charge < -0.3 is 5.32 Å². The van der Waals surface area contributed by atoms with Gasteiger partial charge in [0.2, 0.25) is 0 Å². The molecule has 18 heavy (non-hydrogen) atoms. The van der Waals surface area contributed by atoms with Gasteiger partial charge in [0.25, 0.3) is 0 Å². The zero-order chi connectivity index (χ0) is 12.8. The summed E-state index contributed by atoms with van der Waals surface area (Å²) < 4.78 is 0. The molecule has 0 aliphatic carbocycles. The van der Waals surface area contributed by atoms with Crippen molar-refractivity contribution < 1.29 is 0 Å². The summed E-state index contributed by atoms with van der Waals surface area (Å²) in [5.41, 5.74) is 4.48. The molecule has 2 N–H and O–H groups in total. The van der Waals surface area contributed by atoms with Gasteiger partial charge in [-0.1, -0.05) is 24.3 Å². The van der Waals surface area contributed by atoms with E-state index in [1.54, 1.807) is 6.21 Å². The summed E-state index contributed by atoms with van der Waals surface area (Å²) >= 11 is 4.99. The van der Waals surface area contributed by atoms with Gasteiger partial charge in [-0.25, -0.2) is 4.98 Å². The van der Waals surface area contributed by atoms with Gasteiger partial charge in [-0.2, -0.15) is 5.10 Å². The monoisotopic (exact) mass is 258 g/mol. The molecule has 0 fully saturated rings. The summed E-state index contributed by atoms with van der Waals surface area (Å²) in [6.07, 6.45) is 1.65. The molecular weight excluding hydrogens is 244 g/mol. The summed E-state index contributed by atoms with van der Waals surface area (Å²) in [5.74, 6) is 0. The van der Waals surface area contributed by atoms with Gasteiger partial charge in [0.05, 0.1) is 17.4 Å². The number of aromatic nitrogens is 1. The summed E-state index contributed by atoms with van der Waals surface area (Å²) in [5, 5.41) is 8.60. The Hall–Kier alpha value is -2.01. The van der Waals surface area contributed by atoms with Crippen LogP contribution in [0.3, 0.4) is 0 Å². The van der Waals surface area contributed by atoms with Crippen molar-refractivity contribution in [1.29, 1.82) is 0 Å². The van der Waals surface area contributed by atoms with E-state index >= 15 is 0 Å². The maximum absolute atomic E-state index is 4.99. The molecular formula is C13H14N4S. The lowest BCUT2D eigenvalue weighted by molar-refractivity contribution is 0.903. The lowest BCUT2D eigenvalue weighted by Gasteiger charge is -2.02. The first-order chi connectivity index (χ1) is 8.79. The minimum absolute atomic E-state index is 0.509. The number of pyridine rings is 1. The van der Waals surface area contributed by atoms with Gasteiger partial charge >= 0.3 is 0 Å². The third-order valence-corrected chi connectivity index (χ3v) is 2.56. The predicted molar refractivity (Wildman–Crippen MR) is 78.7 cm³/mol. The first-order valence-electron chi connectivity index (χ1n) is 5.72. The topological polar surface area (TPSA) is 49.3 Å². The molecule has 4 nitrogen and oxygen atoms in total. The molecule has 0 radical (unpaired) electrons. The van der Waals surface area contributed by atoms with Crippen molar-refractivity contribution in [3.63, 3.8) is 0 Å². The molecule has 0 aliphatic rings. The average molecular weight is 258 g/mol. The number of nitrogens with zero attached hydrogens (tertiary/aromatic N) is 2. The normalized spacial score (nSPS) is 10.7. The van der Waals surface area contributed by atoms with E-state index in [-0.39, 0.29) is 0 Å². The number of hydrogen-bond acceptors (Lipinski definition) is 3. The average Bonchev–Trinajstić information content (AvgIpc) is 2.39. The first-order valence-corrected chi connectivity index (χ1v) is 6.13. The van der Waals surface area contributed by atoms with E-state index in [1.165, 1.54) is 0 Å². The second-order valence-electron chi connectivity index (χ2n) is 3.66. The number of rotatable bonds is 3. The fourth-order valence-electron chi connectivity index (χ4n) is 1.51. The third kappa shape index (κ3) is 3.24. The van der Waals surface area contributed by atoms with Crippen LogP contribution in [0.15, 0.2) is 41.5 Å². The molecule has 2 rings (SSSR count). The number of fused-ring (bicyclic) bond motifs is 1. The molecule has 1 aromatic carbocycles. The van der Waals surface area contributed by atoms with Crippen LogP contribution in [0.25, 0.3) is 10.9 Å². The Morgan fingerprint density at radius 2 is 2.17 bits per heavy atom. The van der Waals surface area contributed by atoms with Gasteiger partial charge in [0.15, 0.2) is 5.11 Å². The van der Waals surface area contributed by atoms with E-state index in [0.717, 1.165) is 23.1 Å². The molecule has 0 aliphatic heterocycles. The Balaban J connectivity index is 2.07. The molecule has 1 heterocycles. The smallest absolute Gasteiger partial charge is 0.186 e. The fraction of sp³-hybridized carbons (Fsp3) is 0.154. The molecule has 1 aromatic heterocycles. The van der Waals surface area contributed by atoms with E-state index in [1.807, 2.05) is 43.3 Å². The van der Waals surface area contributed by atoms with Crippen LogP contribution < -0.4 is 10.7 Å². The van der Waals surface area contributed by atoms with Gasteiger partial charge in [0, 0.05) is 11.9 Å². The summed E-state index contributed by atoms with van der Waals surface area (Å²) in [6.45, 7) is 2.75. The lowest BCUT2D eigenvalue weighted by Crippen LogP contribution is -2.31. The van der Waals surface area contributed by atoms with Gasteiger partial charge in [-0.05, 0) is 31.3 Å². The molecule has 92 valence electrons. The molecule has 0 bridgehead atoms. The molecule has 0 atom stereocenters. The number of hydrazone groups is 1. The van der Waals surface area contributed by atoms with E-state index in [0.29, 0.717) is 5.11 Å². The maximum Gasteiger partial charge on any atom is 0.186 e. The zero-order valence-electron chi connectivity index (χ0n) is 10.1. The summed E-state index contributed by atoms with van der Waals surface area (Å²) in [6, 6.07) is 11.9. The van der Waals surface area contributed by atoms with Crippen LogP contribution in [-0.4, -0.2) is 22.9 Å².